The van der Waals surface area contributed by atoms with Gasteiger partial charge in [-0.15, -0.1) is 0 Å². The Morgan fingerprint density at radius 2 is 2.50 bits per heavy atom. The second-order valence-electron chi connectivity index (χ2n) is 3.89. The molecule has 14 heavy (non-hydrogen) atoms. The number of aromatic nitrogens is 1. The monoisotopic (exact) mass is 191 g/mol. The molecule has 1 saturated heterocycles. The van der Waals surface area contributed by atoms with Crippen LogP contribution in [0.1, 0.15) is 31.0 Å². The van der Waals surface area contributed by atoms with E-state index in [9.17, 15) is 0 Å². The van der Waals surface area contributed by atoms with Crippen LogP contribution in [0, 0.1) is 0 Å². The molecule has 2 rings (SSSR count). The predicted octanol–water partition coefficient (Wildman–Crippen LogP) is 1.22. The number of hydrogen-bond donors (Lipinski definition) is 2. The van der Waals surface area contributed by atoms with Crippen LogP contribution >= 0.6 is 0 Å². The maximum absolute atomic E-state index is 6.07. The summed E-state index contributed by atoms with van der Waals surface area (Å²) in [5.74, 6) is 0. The molecule has 3 nitrogen and oxygen atoms in total. The molecule has 1 aromatic heterocycles. The highest BCUT2D eigenvalue weighted by Gasteiger charge is 2.18. The molecule has 3 heteroatoms. The molecule has 2 unspecified atom stereocenters. The average molecular weight is 191 g/mol. The Balaban J connectivity index is 1.92. The number of rotatable bonds is 3. The van der Waals surface area contributed by atoms with Crippen LogP contribution in [-0.4, -0.2) is 17.6 Å². The largest absolute Gasteiger partial charge is 0.323 e. The molecule has 1 fully saturated rings. The summed E-state index contributed by atoms with van der Waals surface area (Å²) in [5.41, 5.74) is 7.07. The van der Waals surface area contributed by atoms with E-state index in [0.29, 0.717) is 6.04 Å². The lowest BCUT2D eigenvalue weighted by Gasteiger charge is -2.15. The summed E-state index contributed by atoms with van der Waals surface area (Å²) in [7, 11) is 0. The summed E-state index contributed by atoms with van der Waals surface area (Å²) in [6.45, 7) is 1.14. The van der Waals surface area contributed by atoms with Crippen LogP contribution in [0.3, 0.4) is 0 Å². The van der Waals surface area contributed by atoms with E-state index in [2.05, 4.69) is 10.3 Å². The first-order chi connectivity index (χ1) is 6.86. The molecule has 2 atom stereocenters. The number of nitrogens with two attached hydrogens (primary N) is 1. The second-order valence-corrected chi connectivity index (χ2v) is 3.89. The van der Waals surface area contributed by atoms with Crippen LogP contribution in [-0.2, 0) is 0 Å². The average Bonchev–Trinajstić information content (AvgIpc) is 2.72. The Morgan fingerprint density at radius 3 is 3.14 bits per heavy atom. The first-order valence-electron chi connectivity index (χ1n) is 5.26. The molecule has 0 aliphatic carbocycles. The van der Waals surface area contributed by atoms with Crippen molar-refractivity contribution in [3.63, 3.8) is 0 Å². The highest BCUT2D eigenvalue weighted by atomic mass is 14.9. The Hall–Kier alpha value is -0.930. The van der Waals surface area contributed by atoms with E-state index in [1.165, 1.54) is 12.8 Å². The zero-order valence-electron chi connectivity index (χ0n) is 8.32. The summed E-state index contributed by atoms with van der Waals surface area (Å²) in [6, 6.07) is 6.58. The van der Waals surface area contributed by atoms with Gasteiger partial charge in [0.1, 0.15) is 0 Å². The molecule has 1 aliphatic heterocycles. The van der Waals surface area contributed by atoms with Gasteiger partial charge in [0.15, 0.2) is 0 Å². The van der Waals surface area contributed by atoms with Crippen molar-refractivity contribution in [2.24, 2.45) is 5.73 Å². The van der Waals surface area contributed by atoms with Crippen molar-refractivity contribution in [3.05, 3.63) is 30.1 Å². The van der Waals surface area contributed by atoms with Gasteiger partial charge in [0, 0.05) is 18.3 Å². The number of pyridine rings is 1. The minimum Gasteiger partial charge on any atom is -0.323 e. The van der Waals surface area contributed by atoms with Crippen molar-refractivity contribution in [1.29, 1.82) is 0 Å². The first-order valence-corrected chi connectivity index (χ1v) is 5.26. The quantitative estimate of drug-likeness (QED) is 0.755. The van der Waals surface area contributed by atoms with Gasteiger partial charge < -0.3 is 11.1 Å². The maximum Gasteiger partial charge on any atom is 0.0571 e. The zero-order chi connectivity index (χ0) is 9.80. The fourth-order valence-corrected chi connectivity index (χ4v) is 1.98. The number of nitrogens with zero attached hydrogens (tertiary/aromatic N) is 1. The van der Waals surface area contributed by atoms with Crippen LogP contribution in [0.15, 0.2) is 24.4 Å². The van der Waals surface area contributed by atoms with Crippen LogP contribution in [0.5, 0.6) is 0 Å². The molecule has 3 N–H and O–H groups in total. The molecule has 2 heterocycles. The SMILES string of the molecule is NC(CC1CCCN1)c1ccccn1. The Kier molecular flexibility index (Phi) is 3.11. The van der Waals surface area contributed by atoms with Gasteiger partial charge in [-0.1, -0.05) is 6.07 Å². The lowest BCUT2D eigenvalue weighted by atomic mass is 10.0. The molecule has 1 aliphatic rings. The number of nitrogens with one attached hydrogen (secondary N) is 1. The van der Waals surface area contributed by atoms with Gasteiger partial charge in [-0.05, 0) is 37.9 Å². The van der Waals surface area contributed by atoms with E-state index in [-0.39, 0.29) is 6.04 Å². The second kappa shape index (κ2) is 4.53. The normalized spacial score (nSPS) is 23.6. The van der Waals surface area contributed by atoms with E-state index >= 15 is 0 Å². The van der Waals surface area contributed by atoms with Crippen LogP contribution in [0.2, 0.25) is 0 Å². The summed E-state index contributed by atoms with van der Waals surface area (Å²) < 4.78 is 0. The van der Waals surface area contributed by atoms with Crippen molar-refractivity contribution < 1.29 is 0 Å². The van der Waals surface area contributed by atoms with Gasteiger partial charge in [0.25, 0.3) is 0 Å². The fourth-order valence-electron chi connectivity index (χ4n) is 1.98. The Morgan fingerprint density at radius 1 is 1.57 bits per heavy atom. The highest BCUT2D eigenvalue weighted by molar-refractivity contribution is 5.08. The molecule has 0 bridgehead atoms. The van der Waals surface area contributed by atoms with Gasteiger partial charge in [0.05, 0.1) is 5.69 Å². The molecular weight excluding hydrogens is 174 g/mol. The van der Waals surface area contributed by atoms with E-state index in [4.69, 9.17) is 5.73 Å². The van der Waals surface area contributed by atoms with Crippen molar-refractivity contribution >= 4 is 0 Å². The third-order valence-electron chi connectivity index (χ3n) is 2.77. The lowest BCUT2D eigenvalue weighted by molar-refractivity contribution is 0.493. The summed E-state index contributed by atoms with van der Waals surface area (Å²) in [6.07, 6.45) is 5.33. The van der Waals surface area contributed by atoms with Gasteiger partial charge in [-0.2, -0.15) is 0 Å². The molecule has 0 saturated carbocycles. The van der Waals surface area contributed by atoms with E-state index in [0.717, 1.165) is 18.7 Å². The van der Waals surface area contributed by atoms with E-state index in [1.54, 1.807) is 6.20 Å². The molecule has 0 aromatic carbocycles. The summed E-state index contributed by atoms with van der Waals surface area (Å²) in [4.78, 5) is 4.27. The van der Waals surface area contributed by atoms with Gasteiger partial charge in [0.2, 0.25) is 0 Å². The molecular formula is C11H17N3. The number of hydrogen-bond acceptors (Lipinski definition) is 3. The third kappa shape index (κ3) is 2.30. The fraction of sp³-hybridized carbons (Fsp3) is 0.545. The van der Waals surface area contributed by atoms with Crippen molar-refractivity contribution in [1.82, 2.24) is 10.3 Å². The third-order valence-corrected chi connectivity index (χ3v) is 2.77. The molecule has 1 aromatic rings. The molecule has 0 amide bonds. The summed E-state index contributed by atoms with van der Waals surface area (Å²) in [5, 5.41) is 3.45. The van der Waals surface area contributed by atoms with Gasteiger partial charge in [-0.25, -0.2) is 0 Å². The predicted molar refractivity (Wildman–Crippen MR) is 56.8 cm³/mol. The van der Waals surface area contributed by atoms with Crippen molar-refractivity contribution in [2.45, 2.75) is 31.3 Å². The van der Waals surface area contributed by atoms with Crippen molar-refractivity contribution in [3.8, 4) is 0 Å². The smallest absolute Gasteiger partial charge is 0.0571 e. The van der Waals surface area contributed by atoms with Crippen molar-refractivity contribution in [2.75, 3.05) is 6.54 Å². The van der Waals surface area contributed by atoms with E-state index < -0.39 is 0 Å². The first kappa shape index (κ1) is 9.62. The molecule has 0 spiro atoms. The summed E-state index contributed by atoms with van der Waals surface area (Å²) >= 11 is 0. The highest BCUT2D eigenvalue weighted by Crippen LogP contribution is 2.18. The lowest BCUT2D eigenvalue weighted by Crippen LogP contribution is -2.27. The van der Waals surface area contributed by atoms with Crippen LogP contribution < -0.4 is 11.1 Å². The minimum atomic E-state index is 0.0757. The Labute approximate surface area is 84.7 Å². The molecule has 76 valence electrons. The Bertz CT molecular complexity index is 267. The topological polar surface area (TPSA) is 50.9 Å². The van der Waals surface area contributed by atoms with Gasteiger partial charge >= 0.3 is 0 Å². The molecule has 0 radical (unpaired) electrons. The van der Waals surface area contributed by atoms with E-state index in [1.807, 2.05) is 18.2 Å². The van der Waals surface area contributed by atoms with Crippen LogP contribution in [0.25, 0.3) is 0 Å². The minimum absolute atomic E-state index is 0.0757. The van der Waals surface area contributed by atoms with Gasteiger partial charge in [-0.3, -0.25) is 4.98 Å². The standard InChI is InChI=1S/C11H17N3/c12-10(8-9-4-3-7-13-9)11-5-1-2-6-14-11/h1-2,5-6,9-10,13H,3-4,7-8,12H2. The maximum atomic E-state index is 6.07. The van der Waals surface area contributed by atoms with Crippen LogP contribution in [0.4, 0.5) is 0 Å². The zero-order valence-corrected chi connectivity index (χ0v) is 8.32.